The van der Waals surface area contributed by atoms with Gasteiger partial charge in [0.05, 0.1) is 0 Å². The number of alkyl halides is 3. The van der Waals surface area contributed by atoms with Crippen LogP contribution < -0.4 is 0 Å². The third-order valence-corrected chi connectivity index (χ3v) is 1.13. The van der Waals surface area contributed by atoms with Gasteiger partial charge in [-0.25, -0.2) is 4.99 Å². The molecule has 0 bridgehead atoms. The van der Waals surface area contributed by atoms with Crippen molar-refractivity contribution in [1.82, 2.24) is 0 Å². The average Bonchev–Trinajstić information content (AvgIpc) is 1.83. The second-order valence-corrected chi connectivity index (χ2v) is 2.94. The van der Waals surface area contributed by atoms with Crippen molar-refractivity contribution >= 4 is 35.3 Å². The van der Waals surface area contributed by atoms with Crippen molar-refractivity contribution < 1.29 is 8.78 Å². The Labute approximate surface area is 78.4 Å². The highest BCUT2D eigenvalue weighted by atomic mass is 35.5. The lowest BCUT2D eigenvalue weighted by atomic mass is 10.3. The van der Waals surface area contributed by atoms with Crippen LogP contribution in [0.25, 0.3) is 0 Å². The molecule has 0 atom stereocenters. The number of nitrogens with zero attached hydrogens (tertiary/aromatic N) is 1. The molecule has 0 unspecified atom stereocenters. The summed E-state index contributed by atoms with van der Waals surface area (Å²) in [5.41, 5.74) is -0.744. The summed E-state index contributed by atoms with van der Waals surface area (Å²) in [4.78, 5) is 3.05. The van der Waals surface area contributed by atoms with Crippen LogP contribution in [0.5, 0.6) is 0 Å². The van der Waals surface area contributed by atoms with E-state index in [1.165, 1.54) is 6.92 Å². The maximum atomic E-state index is 12.4. The molecule has 68 valence electrons. The van der Waals surface area contributed by atoms with Gasteiger partial charge in [-0.05, 0) is 24.6 Å². The van der Waals surface area contributed by atoms with E-state index < -0.39 is 11.1 Å². The zero-order valence-electron chi connectivity index (χ0n) is 6.11. The van der Waals surface area contributed by atoms with E-state index in [2.05, 4.69) is 16.6 Å². The van der Waals surface area contributed by atoms with Gasteiger partial charge in [-0.15, -0.1) is 0 Å². The Morgan fingerprint density at radius 1 is 1.58 bits per heavy atom. The maximum Gasteiger partial charge on any atom is 0.364 e. The number of allylic oxidation sites excluding steroid dienone is 2. The first-order valence-corrected chi connectivity index (χ1v) is 3.61. The minimum Gasteiger partial charge on any atom is -0.290 e. The standard InChI is InChI=1S/C6H6Cl2F2N2/c1-4(7)2-5(12-3-11)6(8,9)10/h2-3,11H,1H3/b4-2+,11-3?,12-5?. The van der Waals surface area contributed by atoms with Crippen LogP contribution in [-0.2, 0) is 0 Å². The molecule has 0 aliphatic rings. The minimum absolute atomic E-state index is 0.121. The molecular formula is C6H6Cl2F2N2. The van der Waals surface area contributed by atoms with E-state index in [0.29, 0.717) is 6.34 Å². The van der Waals surface area contributed by atoms with Gasteiger partial charge in [0, 0.05) is 5.03 Å². The van der Waals surface area contributed by atoms with Gasteiger partial charge in [0.1, 0.15) is 12.1 Å². The molecule has 0 aromatic carbocycles. The molecule has 1 N–H and O–H groups in total. The van der Waals surface area contributed by atoms with Crippen molar-refractivity contribution in [2.24, 2.45) is 4.99 Å². The van der Waals surface area contributed by atoms with E-state index in [1.54, 1.807) is 0 Å². The summed E-state index contributed by atoms with van der Waals surface area (Å²) in [6.45, 7) is 1.41. The monoisotopic (exact) mass is 214 g/mol. The third-order valence-electron chi connectivity index (χ3n) is 0.830. The summed E-state index contributed by atoms with van der Waals surface area (Å²) < 4.78 is 24.7. The largest absolute Gasteiger partial charge is 0.364 e. The lowest BCUT2D eigenvalue weighted by Crippen LogP contribution is -2.19. The van der Waals surface area contributed by atoms with E-state index in [4.69, 9.17) is 17.0 Å². The van der Waals surface area contributed by atoms with E-state index in [1.807, 2.05) is 0 Å². The van der Waals surface area contributed by atoms with Crippen LogP contribution in [0.4, 0.5) is 8.78 Å². The summed E-state index contributed by atoms with van der Waals surface area (Å²) in [5.74, 6) is 0. The van der Waals surface area contributed by atoms with Crippen molar-refractivity contribution in [2.45, 2.75) is 12.3 Å². The SMILES string of the molecule is C/C(Cl)=C\C(=NC=N)C(F)(F)Cl. The Morgan fingerprint density at radius 2 is 2.08 bits per heavy atom. The Hall–Kier alpha value is -0.480. The second kappa shape index (κ2) is 4.52. The molecule has 0 saturated carbocycles. The molecule has 0 fully saturated rings. The number of rotatable bonds is 3. The molecule has 0 heterocycles. The predicted molar refractivity (Wildman–Crippen MR) is 46.6 cm³/mol. The number of nitrogens with one attached hydrogen (secondary N) is 1. The molecule has 0 rings (SSSR count). The lowest BCUT2D eigenvalue weighted by Gasteiger charge is -2.06. The lowest BCUT2D eigenvalue weighted by molar-refractivity contribution is 0.177. The first-order valence-electron chi connectivity index (χ1n) is 2.85. The van der Waals surface area contributed by atoms with Gasteiger partial charge in [0.15, 0.2) is 0 Å². The van der Waals surface area contributed by atoms with Crippen LogP contribution >= 0.6 is 23.2 Å². The van der Waals surface area contributed by atoms with E-state index in [0.717, 1.165) is 6.08 Å². The molecule has 2 nitrogen and oxygen atoms in total. The van der Waals surface area contributed by atoms with Gasteiger partial charge in [0.2, 0.25) is 0 Å². The average molecular weight is 215 g/mol. The van der Waals surface area contributed by atoms with E-state index in [9.17, 15) is 8.78 Å². The molecule has 0 aromatic heterocycles. The van der Waals surface area contributed by atoms with E-state index >= 15 is 0 Å². The fourth-order valence-electron chi connectivity index (χ4n) is 0.450. The molecular weight excluding hydrogens is 209 g/mol. The third kappa shape index (κ3) is 4.41. The van der Waals surface area contributed by atoms with Gasteiger partial charge in [0.25, 0.3) is 0 Å². The molecule has 0 aliphatic carbocycles. The molecule has 0 saturated heterocycles. The molecule has 6 heteroatoms. The smallest absolute Gasteiger partial charge is 0.290 e. The first kappa shape index (κ1) is 11.5. The van der Waals surface area contributed by atoms with Crippen LogP contribution in [0, 0.1) is 5.41 Å². The zero-order chi connectivity index (χ0) is 9.78. The molecule has 12 heavy (non-hydrogen) atoms. The molecule has 0 aliphatic heterocycles. The minimum atomic E-state index is -3.59. The Bertz CT molecular complexity index is 226. The van der Waals surface area contributed by atoms with Gasteiger partial charge in [-0.3, -0.25) is 5.41 Å². The normalized spacial score (nSPS) is 14.8. The van der Waals surface area contributed by atoms with Crippen LogP contribution in [0.15, 0.2) is 16.1 Å². The number of halogens is 4. The van der Waals surface area contributed by atoms with Crippen LogP contribution in [0.2, 0.25) is 0 Å². The fourth-order valence-corrected chi connectivity index (χ4v) is 0.657. The summed E-state index contributed by atoms with van der Waals surface area (Å²) in [6.07, 6.45) is 1.38. The van der Waals surface area contributed by atoms with Crippen molar-refractivity contribution in [1.29, 1.82) is 5.41 Å². The highest BCUT2D eigenvalue weighted by Gasteiger charge is 2.31. The van der Waals surface area contributed by atoms with E-state index in [-0.39, 0.29) is 5.03 Å². The molecule has 0 amide bonds. The predicted octanol–water partition coefficient (Wildman–Crippen LogP) is 3.01. The highest BCUT2D eigenvalue weighted by Crippen LogP contribution is 2.22. The number of hydrogen-bond acceptors (Lipinski definition) is 1. The van der Waals surface area contributed by atoms with Crippen molar-refractivity contribution in [3.05, 3.63) is 11.1 Å². The summed E-state index contributed by atoms with van der Waals surface area (Å²) in [6, 6.07) is 0. The topological polar surface area (TPSA) is 36.2 Å². The van der Waals surface area contributed by atoms with Crippen molar-refractivity contribution in [3.8, 4) is 0 Å². The summed E-state index contributed by atoms with van der Waals surface area (Å²) in [7, 11) is 0. The van der Waals surface area contributed by atoms with Gasteiger partial charge < -0.3 is 0 Å². The molecule has 0 aromatic rings. The van der Waals surface area contributed by atoms with Crippen LogP contribution in [0.1, 0.15) is 6.92 Å². The van der Waals surface area contributed by atoms with Crippen LogP contribution in [0.3, 0.4) is 0 Å². The Balaban J connectivity index is 4.82. The maximum absolute atomic E-state index is 12.4. The van der Waals surface area contributed by atoms with Gasteiger partial charge in [-0.1, -0.05) is 11.6 Å². The Morgan fingerprint density at radius 3 is 2.33 bits per heavy atom. The second-order valence-electron chi connectivity index (χ2n) is 1.87. The zero-order valence-corrected chi connectivity index (χ0v) is 7.63. The summed E-state index contributed by atoms with van der Waals surface area (Å²) >= 11 is 9.98. The van der Waals surface area contributed by atoms with Crippen molar-refractivity contribution in [3.63, 3.8) is 0 Å². The van der Waals surface area contributed by atoms with Crippen molar-refractivity contribution in [2.75, 3.05) is 0 Å². The van der Waals surface area contributed by atoms with Crippen LogP contribution in [-0.4, -0.2) is 17.4 Å². The summed E-state index contributed by atoms with van der Waals surface area (Å²) in [5, 5.41) is 3.01. The van der Waals surface area contributed by atoms with Gasteiger partial charge >= 0.3 is 5.38 Å². The molecule has 0 spiro atoms. The quantitative estimate of drug-likeness (QED) is 0.426. The first-order chi connectivity index (χ1) is 5.38. The Kier molecular flexibility index (Phi) is 4.34. The highest BCUT2D eigenvalue weighted by molar-refractivity contribution is 6.38. The number of aliphatic imine (C=N–C) groups is 1. The fraction of sp³-hybridized carbons (Fsp3) is 0.333. The number of hydrogen-bond donors (Lipinski definition) is 1. The molecule has 0 radical (unpaired) electrons. The van der Waals surface area contributed by atoms with Gasteiger partial charge in [-0.2, -0.15) is 8.78 Å².